The molecule has 9 heteroatoms. The van der Waals surface area contributed by atoms with Crippen LogP contribution in [0.25, 0.3) is 11.4 Å². The average molecular weight is 389 g/mol. The van der Waals surface area contributed by atoms with Crippen molar-refractivity contribution in [3.8, 4) is 17.1 Å². The van der Waals surface area contributed by atoms with Gasteiger partial charge < -0.3 is 10.1 Å². The van der Waals surface area contributed by atoms with Crippen molar-refractivity contribution in [1.82, 2.24) is 30.0 Å². The number of rotatable bonds is 6. The molecule has 2 aromatic heterocycles. The maximum absolute atomic E-state index is 12.4. The Bertz CT molecular complexity index is 1120. The van der Waals surface area contributed by atoms with Crippen LogP contribution in [0.15, 0.2) is 60.9 Å². The molecule has 0 bridgehead atoms. The van der Waals surface area contributed by atoms with Crippen LogP contribution in [0.4, 0.5) is 5.69 Å². The highest BCUT2D eigenvalue weighted by molar-refractivity contribution is 5.93. The number of hydrogen-bond acceptors (Lipinski definition) is 6. The molecule has 4 rings (SSSR count). The molecular weight excluding hydrogens is 370 g/mol. The molecule has 9 nitrogen and oxygen atoms in total. The number of nitrogens with zero attached hydrogens (tertiary/aromatic N) is 6. The zero-order valence-electron chi connectivity index (χ0n) is 16.0. The van der Waals surface area contributed by atoms with Crippen LogP contribution in [0.5, 0.6) is 5.75 Å². The summed E-state index contributed by atoms with van der Waals surface area (Å²) in [5, 5.41) is 18.5. The minimum atomic E-state index is -0.267. The number of benzene rings is 2. The van der Waals surface area contributed by atoms with E-state index in [4.69, 9.17) is 4.74 Å². The van der Waals surface area contributed by atoms with E-state index in [-0.39, 0.29) is 12.5 Å². The van der Waals surface area contributed by atoms with E-state index in [2.05, 4.69) is 25.9 Å². The Kier molecular flexibility index (Phi) is 5.02. The molecule has 2 aromatic carbocycles. The first kappa shape index (κ1) is 18.4. The van der Waals surface area contributed by atoms with Crippen molar-refractivity contribution in [1.29, 1.82) is 0 Å². The van der Waals surface area contributed by atoms with E-state index in [1.807, 2.05) is 56.3 Å². The molecule has 0 saturated carbocycles. The van der Waals surface area contributed by atoms with Crippen molar-refractivity contribution in [3.63, 3.8) is 0 Å². The third-order valence-corrected chi connectivity index (χ3v) is 4.36. The van der Waals surface area contributed by atoms with Gasteiger partial charge in [-0.1, -0.05) is 24.3 Å². The average Bonchev–Trinajstić information content (AvgIpc) is 3.38. The Balaban J connectivity index is 1.43. The normalized spacial score (nSPS) is 10.7. The lowest BCUT2D eigenvalue weighted by molar-refractivity contribution is -0.118. The van der Waals surface area contributed by atoms with Crippen LogP contribution in [0.2, 0.25) is 0 Å². The number of aryl methyl sites for hydroxylation is 1. The van der Waals surface area contributed by atoms with Gasteiger partial charge in [-0.25, -0.2) is 9.36 Å². The van der Waals surface area contributed by atoms with Crippen LogP contribution in [-0.2, 0) is 4.79 Å². The van der Waals surface area contributed by atoms with Gasteiger partial charge in [0, 0.05) is 6.07 Å². The van der Waals surface area contributed by atoms with Gasteiger partial charge in [0.1, 0.15) is 12.1 Å². The first-order chi connectivity index (χ1) is 14.1. The van der Waals surface area contributed by atoms with E-state index in [9.17, 15) is 4.79 Å². The van der Waals surface area contributed by atoms with Gasteiger partial charge in [-0.15, -0.1) is 5.10 Å². The van der Waals surface area contributed by atoms with E-state index < -0.39 is 0 Å². The highest BCUT2D eigenvalue weighted by atomic mass is 16.5. The first-order valence-corrected chi connectivity index (χ1v) is 8.99. The second kappa shape index (κ2) is 7.93. The third-order valence-electron chi connectivity index (χ3n) is 4.36. The number of anilines is 1. The molecular formula is C20H19N7O2. The fourth-order valence-electron chi connectivity index (χ4n) is 2.96. The quantitative estimate of drug-likeness (QED) is 0.544. The Morgan fingerprint density at radius 2 is 1.86 bits per heavy atom. The molecule has 0 spiro atoms. The maximum atomic E-state index is 12.4. The van der Waals surface area contributed by atoms with E-state index in [1.54, 1.807) is 16.8 Å². The summed E-state index contributed by atoms with van der Waals surface area (Å²) in [6.07, 6.45) is 1.49. The molecule has 0 atom stereocenters. The molecule has 0 aliphatic carbocycles. The van der Waals surface area contributed by atoms with E-state index in [1.165, 1.54) is 11.0 Å². The van der Waals surface area contributed by atoms with Gasteiger partial charge in [-0.05, 0) is 48.5 Å². The van der Waals surface area contributed by atoms with Crippen LogP contribution in [0.3, 0.4) is 0 Å². The van der Waals surface area contributed by atoms with Crippen molar-refractivity contribution in [3.05, 3.63) is 72.3 Å². The molecule has 0 aliphatic rings. The number of carbonyl (C=O) groups is 1. The fourth-order valence-corrected chi connectivity index (χ4v) is 2.96. The molecule has 2 heterocycles. The van der Waals surface area contributed by atoms with Crippen molar-refractivity contribution in [2.45, 2.75) is 13.8 Å². The predicted molar refractivity (Wildman–Crippen MR) is 106 cm³/mol. The molecule has 0 radical (unpaired) electrons. The number of para-hydroxylation sites is 1. The maximum Gasteiger partial charge on any atom is 0.262 e. The van der Waals surface area contributed by atoms with Gasteiger partial charge in [0.2, 0.25) is 0 Å². The zero-order valence-corrected chi connectivity index (χ0v) is 16.0. The van der Waals surface area contributed by atoms with E-state index in [0.29, 0.717) is 11.4 Å². The summed E-state index contributed by atoms with van der Waals surface area (Å²) in [5.41, 5.74) is 3.95. The third kappa shape index (κ3) is 3.98. The second-order valence-corrected chi connectivity index (χ2v) is 6.38. The smallest absolute Gasteiger partial charge is 0.262 e. The summed E-state index contributed by atoms with van der Waals surface area (Å²) < 4.78 is 8.95. The standard InChI is InChI=1S/C20H19N7O2/c1-14-20(15(2)27(23-14)16-7-4-3-5-8-16)22-19(28)12-29-18-10-6-9-17(11-18)26-13-21-24-25-26/h3-11,13H,12H2,1-2H3,(H,22,28). The molecule has 1 N–H and O–H groups in total. The lowest BCUT2D eigenvalue weighted by atomic mass is 10.3. The van der Waals surface area contributed by atoms with Gasteiger partial charge in [0.05, 0.1) is 28.5 Å². The predicted octanol–water partition coefficient (Wildman–Crippen LogP) is 2.48. The number of tetrazole rings is 1. The molecule has 0 aliphatic heterocycles. The van der Waals surface area contributed by atoms with Crippen molar-refractivity contribution in [2.24, 2.45) is 0 Å². The summed E-state index contributed by atoms with van der Waals surface area (Å²) in [4.78, 5) is 12.4. The topological polar surface area (TPSA) is 99.8 Å². The summed E-state index contributed by atoms with van der Waals surface area (Å²) in [6, 6.07) is 16.9. The first-order valence-electron chi connectivity index (χ1n) is 8.99. The van der Waals surface area contributed by atoms with Gasteiger partial charge in [-0.3, -0.25) is 4.79 Å². The largest absolute Gasteiger partial charge is 0.484 e. The number of aromatic nitrogens is 6. The molecule has 0 fully saturated rings. The lowest BCUT2D eigenvalue weighted by Crippen LogP contribution is -2.21. The Labute approximate surface area is 166 Å². The number of hydrogen-bond donors (Lipinski definition) is 1. The number of nitrogens with one attached hydrogen (secondary N) is 1. The monoisotopic (exact) mass is 389 g/mol. The summed E-state index contributed by atoms with van der Waals surface area (Å²) >= 11 is 0. The van der Waals surface area contributed by atoms with Gasteiger partial charge in [0.15, 0.2) is 6.61 Å². The van der Waals surface area contributed by atoms with Crippen LogP contribution in [0.1, 0.15) is 11.4 Å². The minimum absolute atomic E-state index is 0.130. The molecule has 0 unspecified atom stereocenters. The van der Waals surface area contributed by atoms with E-state index in [0.717, 1.165) is 22.8 Å². The molecule has 0 saturated heterocycles. The molecule has 1 amide bonds. The van der Waals surface area contributed by atoms with Crippen molar-refractivity contribution < 1.29 is 9.53 Å². The van der Waals surface area contributed by atoms with Gasteiger partial charge in [-0.2, -0.15) is 5.10 Å². The van der Waals surface area contributed by atoms with Gasteiger partial charge in [0.25, 0.3) is 5.91 Å². The van der Waals surface area contributed by atoms with Gasteiger partial charge >= 0.3 is 0 Å². The summed E-state index contributed by atoms with van der Waals surface area (Å²) in [6.45, 7) is 3.64. The van der Waals surface area contributed by atoms with Crippen LogP contribution in [-0.4, -0.2) is 42.5 Å². The molecule has 4 aromatic rings. The molecule has 29 heavy (non-hydrogen) atoms. The van der Waals surface area contributed by atoms with Crippen LogP contribution >= 0.6 is 0 Å². The lowest BCUT2D eigenvalue weighted by Gasteiger charge is -2.09. The minimum Gasteiger partial charge on any atom is -0.484 e. The fraction of sp³-hybridized carbons (Fsp3) is 0.150. The Hall–Kier alpha value is -4.01. The summed E-state index contributed by atoms with van der Waals surface area (Å²) in [7, 11) is 0. The van der Waals surface area contributed by atoms with Crippen LogP contribution < -0.4 is 10.1 Å². The highest BCUT2D eigenvalue weighted by Gasteiger charge is 2.15. The summed E-state index contributed by atoms with van der Waals surface area (Å²) in [5.74, 6) is 0.276. The zero-order chi connectivity index (χ0) is 20.2. The highest BCUT2D eigenvalue weighted by Crippen LogP contribution is 2.23. The Morgan fingerprint density at radius 1 is 1.07 bits per heavy atom. The van der Waals surface area contributed by atoms with Crippen LogP contribution in [0, 0.1) is 13.8 Å². The second-order valence-electron chi connectivity index (χ2n) is 6.38. The number of ether oxygens (including phenoxy) is 1. The van der Waals surface area contributed by atoms with Crippen molar-refractivity contribution in [2.75, 3.05) is 11.9 Å². The SMILES string of the molecule is Cc1nn(-c2ccccc2)c(C)c1NC(=O)COc1cccc(-n2cnnn2)c1. The number of carbonyl (C=O) groups excluding carboxylic acids is 1. The van der Waals surface area contributed by atoms with E-state index >= 15 is 0 Å². The number of amides is 1. The van der Waals surface area contributed by atoms with Crippen molar-refractivity contribution >= 4 is 11.6 Å². The molecule has 146 valence electrons. The Morgan fingerprint density at radius 3 is 2.62 bits per heavy atom.